The second-order valence-corrected chi connectivity index (χ2v) is 5.57. The van der Waals surface area contributed by atoms with Gasteiger partial charge < -0.3 is 14.8 Å². The molecule has 1 N–H and O–H groups in total. The smallest absolute Gasteiger partial charge is 0.293 e. The van der Waals surface area contributed by atoms with E-state index >= 15 is 0 Å². The quantitative estimate of drug-likeness (QED) is 0.886. The van der Waals surface area contributed by atoms with E-state index in [0.717, 1.165) is 25.9 Å². The highest BCUT2D eigenvalue weighted by Crippen LogP contribution is 2.20. The summed E-state index contributed by atoms with van der Waals surface area (Å²) < 4.78 is 1.60. The predicted molar refractivity (Wildman–Crippen MR) is 77.6 cm³/mol. The number of nitrogens with one attached hydrogen (secondary N) is 1. The summed E-state index contributed by atoms with van der Waals surface area (Å²) in [5, 5.41) is 3.47. The van der Waals surface area contributed by atoms with Crippen LogP contribution in [0, 0.1) is 0 Å². The lowest BCUT2D eigenvalue weighted by atomic mass is 10.0. The van der Waals surface area contributed by atoms with E-state index in [2.05, 4.69) is 29.0 Å². The molecule has 2 rings (SSSR count). The number of aromatic nitrogens is 2. The van der Waals surface area contributed by atoms with E-state index in [0.29, 0.717) is 17.9 Å². The van der Waals surface area contributed by atoms with E-state index < -0.39 is 0 Å². The largest absolute Gasteiger partial charge is 0.348 e. The molecule has 1 aliphatic heterocycles. The molecule has 1 aliphatic rings. The number of anilines is 1. The minimum Gasteiger partial charge on any atom is -0.348 e. The van der Waals surface area contributed by atoms with Crippen LogP contribution in [0.2, 0.25) is 0 Å². The summed E-state index contributed by atoms with van der Waals surface area (Å²) in [6, 6.07) is 0.842. The van der Waals surface area contributed by atoms with E-state index in [9.17, 15) is 4.79 Å². The van der Waals surface area contributed by atoms with Crippen molar-refractivity contribution in [1.82, 2.24) is 14.9 Å². The van der Waals surface area contributed by atoms with Crippen molar-refractivity contribution >= 4 is 5.82 Å². The minimum absolute atomic E-state index is 0.000975. The molecule has 1 atom stereocenters. The van der Waals surface area contributed by atoms with Crippen molar-refractivity contribution in [2.45, 2.75) is 45.2 Å². The maximum atomic E-state index is 12.2. The third kappa shape index (κ3) is 3.35. The number of nitrogens with zero attached hydrogens (tertiary/aromatic N) is 3. The Morgan fingerprint density at radius 1 is 1.47 bits per heavy atom. The van der Waals surface area contributed by atoms with Gasteiger partial charge in [-0.25, -0.2) is 4.98 Å². The van der Waals surface area contributed by atoms with Crippen molar-refractivity contribution in [2.24, 2.45) is 7.05 Å². The van der Waals surface area contributed by atoms with Crippen LogP contribution in [0.4, 0.5) is 5.82 Å². The van der Waals surface area contributed by atoms with Gasteiger partial charge in [0.2, 0.25) is 0 Å². The first-order chi connectivity index (χ1) is 9.09. The van der Waals surface area contributed by atoms with Crippen LogP contribution < -0.4 is 15.8 Å². The van der Waals surface area contributed by atoms with Gasteiger partial charge in [-0.05, 0) is 19.3 Å². The number of hydrogen-bond donors (Lipinski definition) is 1. The molecule has 1 aromatic rings. The van der Waals surface area contributed by atoms with Crippen LogP contribution in [0.1, 0.15) is 33.1 Å². The topological polar surface area (TPSA) is 50.2 Å². The summed E-state index contributed by atoms with van der Waals surface area (Å²) in [6.07, 6.45) is 6.90. The first-order valence-corrected chi connectivity index (χ1v) is 7.11. The molecule has 5 nitrogen and oxygen atoms in total. The minimum atomic E-state index is -0.000975. The van der Waals surface area contributed by atoms with Crippen LogP contribution in [0.15, 0.2) is 17.2 Å². The van der Waals surface area contributed by atoms with Crippen LogP contribution in [-0.4, -0.2) is 34.7 Å². The monoisotopic (exact) mass is 264 g/mol. The van der Waals surface area contributed by atoms with Crippen LogP contribution in [0.3, 0.4) is 0 Å². The van der Waals surface area contributed by atoms with Crippen LogP contribution in [-0.2, 0) is 7.05 Å². The first-order valence-electron chi connectivity index (χ1n) is 7.11. The standard InChI is InChI=1S/C14H24N4O/c1-11(2)16-10-12-6-4-5-8-18(12)13-14(19)17(3)9-7-15-13/h7,9,11-12,16H,4-6,8,10H2,1-3H3. The summed E-state index contributed by atoms with van der Waals surface area (Å²) >= 11 is 0. The van der Waals surface area contributed by atoms with Gasteiger partial charge in [0, 0.05) is 44.6 Å². The molecule has 0 spiro atoms. The molecule has 0 aliphatic carbocycles. The maximum absolute atomic E-state index is 12.2. The second-order valence-electron chi connectivity index (χ2n) is 5.57. The molecule has 19 heavy (non-hydrogen) atoms. The molecule has 1 fully saturated rings. The number of hydrogen-bond acceptors (Lipinski definition) is 4. The van der Waals surface area contributed by atoms with E-state index in [-0.39, 0.29) is 5.56 Å². The fourth-order valence-electron chi connectivity index (χ4n) is 2.54. The van der Waals surface area contributed by atoms with Crippen molar-refractivity contribution in [1.29, 1.82) is 0 Å². The maximum Gasteiger partial charge on any atom is 0.293 e. The van der Waals surface area contributed by atoms with Crippen LogP contribution >= 0.6 is 0 Å². The van der Waals surface area contributed by atoms with E-state index in [4.69, 9.17) is 0 Å². The molecule has 0 aromatic carbocycles. The SMILES string of the molecule is CC(C)NCC1CCCCN1c1nccn(C)c1=O. The predicted octanol–water partition coefficient (Wildman–Crippen LogP) is 1.14. The summed E-state index contributed by atoms with van der Waals surface area (Å²) in [7, 11) is 1.78. The molecule has 5 heteroatoms. The van der Waals surface area contributed by atoms with Gasteiger partial charge in [-0.2, -0.15) is 0 Å². The molecule has 2 heterocycles. The fraction of sp³-hybridized carbons (Fsp3) is 0.714. The van der Waals surface area contributed by atoms with Gasteiger partial charge in [0.25, 0.3) is 5.56 Å². The Morgan fingerprint density at radius 3 is 3.00 bits per heavy atom. The number of aryl methyl sites for hydroxylation is 1. The summed E-state index contributed by atoms with van der Waals surface area (Å²) in [5.74, 6) is 0.597. The summed E-state index contributed by atoms with van der Waals surface area (Å²) in [4.78, 5) is 18.7. The molecule has 0 bridgehead atoms. The second kappa shape index (κ2) is 6.19. The highest BCUT2D eigenvalue weighted by atomic mass is 16.1. The van der Waals surface area contributed by atoms with Crippen molar-refractivity contribution < 1.29 is 0 Å². The van der Waals surface area contributed by atoms with Gasteiger partial charge in [0.15, 0.2) is 5.82 Å². The zero-order chi connectivity index (χ0) is 13.8. The van der Waals surface area contributed by atoms with Crippen molar-refractivity contribution in [3.05, 3.63) is 22.7 Å². The third-order valence-corrected chi connectivity index (χ3v) is 3.66. The van der Waals surface area contributed by atoms with Crippen molar-refractivity contribution in [3.63, 3.8) is 0 Å². The zero-order valence-electron chi connectivity index (χ0n) is 12.1. The molecule has 1 aromatic heterocycles. The Balaban J connectivity index is 2.19. The summed E-state index contributed by atoms with van der Waals surface area (Å²) in [5.41, 5.74) is -0.000975. The highest BCUT2D eigenvalue weighted by Gasteiger charge is 2.25. The van der Waals surface area contributed by atoms with Gasteiger partial charge in [-0.1, -0.05) is 13.8 Å². The molecule has 1 saturated heterocycles. The molecular weight excluding hydrogens is 240 g/mol. The Bertz CT molecular complexity index is 469. The highest BCUT2D eigenvalue weighted by molar-refractivity contribution is 5.38. The average molecular weight is 264 g/mol. The van der Waals surface area contributed by atoms with Gasteiger partial charge in [-0.15, -0.1) is 0 Å². The van der Waals surface area contributed by atoms with Gasteiger partial charge in [0.1, 0.15) is 0 Å². The summed E-state index contributed by atoms with van der Waals surface area (Å²) in [6.45, 7) is 6.13. The average Bonchev–Trinajstić information content (AvgIpc) is 2.40. The number of rotatable bonds is 4. The lowest BCUT2D eigenvalue weighted by Crippen LogP contribution is -2.49. The van der Waals surface area contributed by atoms with Crippen LogP contribution in [0.25, 0.3) is 0 Å². The molecule has 0 amide bonds. The van der Waals surface area contributed by atoms with Gasteiger partial charge in [-0.3, -0.25) is 4.79 Å². The molecule has 106 valence electrons. The molecule has 0 radical (unpaired) electrons. The Labute approximate surface area is 114 Å². The van der Waals surface area contributed by atoms with Crippen molar-refractivity contribution in [2.75, 3.05) is 18.0 Å². The van der Waals surface area contributed by atoms with Gasteiger partial charge in [0.05, 0.1) is 0 Å². The molecular formula is C14H24N4O. The van der Waals surface area contributed by atoms with Gasteiger partial charge >= 0.3 is 0 Å². The number of piperidine rings is 1. The lowest BCUT2D eigenvalue weighted by molar-refractivity contribution is 0.417. The first kappa shape index (κ1) is 14.1. The Hall–Kier alpha value is -1.36. The third-order valence-electron chi connectivity index (χ3n) is 3.66. The zero-order valence-corrected chi connectivity index (χ0v) is 12.1. The molecule has 1 unspecified atom stereocenters. The van der Waals surface area contributed by atoms with E-state index in [1.165, 1.54) is 6.42 Å². The van der Waals surface area contributed by atoms with Crippen molar-refractivity contribution in [3.8, 4) is 0 Å². The normalized spacial score (nSPS) is 20.0. The Kier molecular flexibility index (Phi) is 4.58. The fourth-order valence-corrected chi connectivity index (χ4v) is 2.54. The van der Waals surface area contributed by atoms with E-state index in [1.54, 1.807) is 24.0 Å². The van der Waals surface area contributed by atoms with Crippen LogP contribution in [0.5, 0.6) is 0 Å². The lowest BCUT2D eigenvalue weighted by Gasteiger charge is -2.36. The Morgan fingerprint density at radius 2 is 2.26 bits per heavy atom. The molecule has 0 saturated carbocycles. The van der Waals surface area contributed by atoms with E-state index in [1.807, 2.05) is 0 Å².